The van der Waals surface area contributed by atoms with Gasteiger partial charge in [-0.2, -0.15) is 8.42 Å². The number of rotatable bonds is 8. The van der Waals surface area contributed by atoms with Crippen LogP contribution in [0.2, 0.25) is 0 Å². The number of nitrogens with one attached hydrogen (secondary N) is 2. The van der Waals surface area contributed by atoms with Gasteiger partial charge < -0.3 is 19.7 Å². The fourth-order valence-electron chi connectivity index (χ4n) is 3.35. The summed E-state index contributed by atoms with van der Waals surface area (Å²) < 4.78 is 34.7. The molecule has 0 aliphatic carbocycles. The van der Waals surface area contributed by atoms with Gasteiger partial charge in [0.15, 0.2) is 11.5 Å². The van der Waals surface area contributed by atoms with E-state index < -0.39 is 10.2 Å². The van der Waals surface area contributed by atoms with Crippen molar-refractivity contribution in [2.75, 3.05) is 39.2 Å². The number of ether oxygens (including phenoxy) is 2. The second kappa shape index (κ2) is 9.90. The molecule has 0 bridgehead atoms. The molecule has 29 heavy (non-hydrogen) atoms. The van der Waals surface area contributed by atoms with Gasteiger partial charge in [0.05, 0.1) is 25.5 Å². The van der Waals surface area contributed by atoms with Crippen molar-refractivity contribution in [2.24, 2.45) is 11.1 Å². The zero-order valence-electron chi connectivity index (χ0n) is 16.9. The van der Waals surface area contributed by atoms with Gasteiger partial charge >= 0.3 is 0 Å². The highest BCUT2D eigenvalue weighted by Crippen LogP contribution is 2.34. The number of methoxy groups -OCH3 is 2. The van der Waals surface area contributed by atoms with Crippen LogP contribution in [0.1, 0.15) is 36.5 Å². The average Bonchev–Trinajstić information content (AvgIpc) is 2.66. The highest BCUT2D eigenvalue weighted by Gasteiger charge is 2.26. The van der Waals surface area contributed by atoms with E-state index in [0.717, 1.165) is 12.8 Å². The minimum Gasteiger partial charge on any atom is -0.493 e. The fraction of sp³-hybridized carbons (Fsp3) is 0.556. The van der Waals surface area contributed by atoms with E-state index in [4.69, 9.17) is 14.6 Å². The summed E-state index contributed by atoms with van der Waals surface area (Å²) in [6.07, 6.45) is 2.16. The third-order valence-electron chi connectivity index (χ3n) is 4.82. The lowest BCUT2D eigenvalue weighted by atomic mass is 9.93. The molecule has 2 rings (SSSR count). The summed E-state index contributed by atoms with van der Waals surface area (Å²) in [6, 6.07) is 3.13. The normalized spacial score (nSPS) is 15.1. The molecule has 1 aliphatic rings. The number of piperidine rings is 1. The van der Waals surface area contributed by atoms with Crippen LogP contribution >= 0.6 is 0 Å². The Morgan fingerprint density at radius 2 is 1.76 bits per heavy atom. The SMILES string of the molecule is COc1cc(NC(C)=O)c(C(=O)N2CCC(CCNS(N)(=O)=O)CC2)cc1OC. The first-order valence-electron chi connectivity index (χ1n) is 9.25. The predicted molar refractivity (Wildman–Crippen MR) is 108 cm³/mol. The molecular weight excluding hydrogens is 400 g/mol. The van der Waals surface area contributed by atoms with Crippen molar-refractivity contribution < 1.29 is 27.5 Å². The maximum atomic E-state index is 13.1. The fourth-order valence-corrected chi connectivity index (χ4v) is 3.75. The zero-order chi connectivity index (χ0) is 21.6. The van der Waals surface area contributed by atoms with Crippen molar-refractivity contribution in [3.05, 3.63) is 17.7 Å². The van der Waals surface area contributed by atoms with Crippen LogP contribution in [-0.2, 0) is 15.0 Å². The molecule has 0 atom stereocenters. The van der Waals surface area contributed by atoms with Crippen LogP contribution in [0, 0.1) is 5.92 Å². The number of likely N-dealkylation sites (tertiary alicyclic amines) is 1. The molecule has 0 saturated carbocycles. The molecule has 1 fully saturated rings. The Morgan fingerprint density at radius 3 is 2.28 bits per heavy atom. The maximum absolute atomic E-state index is 13.1. The molecule has 0 spiro atoms. The van der Waals surface area contributed by atoms with Crippen LogP contribution in [0.15, 0.2) is 12.1 Å². The largest absolute Gasteiger partial charge is 0.493 e. The summed E-state index contributed by atoms with van der Waals surface area (Å²) in [4.78, 5) is 26.4. The van der Waals surface area contributed by atoms with Crippen molar-refractivity contribution in [3.63, 3.8) is 0 Å². The molecule has 1 aromatic carbocycles. The molecule has 2 amide bonds. The molecule has 0 radical (unpaired) electrons. The van der Waals surface area contributed by atoms with E-state index in [2.05, 4.69) is 10.0 Å². The number of carbonyl (C=O) groups is 2. The summed E-state index contributed by atoms with van der Waals surface area (Å²) in [5, 5.41) is 7.60. The minimum absolute atomic E-state index is 0.212. The monoisotopic (exact) mass is 428 g/mol. The summed E-state index contributed by atoms with van der Waals surface area (Å²) in [5.74, 6) is 0.597. The second-order valence-electron chi connectivity index (χ2n) is 6.90. The quantitative estimate of drug-likeness (QED) is 0.557. The number of anilines is 1. The van der Waals surface area contributed by atoms with E-state index in [1.165, 1.54) is 21.1 Å². The van der Waals surface area contributed by atoms with E-state index in [9.17, 15) is 18.0 Å². The van der Waals surface area contributed by atoms with Crippen LogP contribution in [0.3, 0.4) is 0 Å². The van der Waals surface area contributed by atoms with Gasteiger partial charge in [0, 0.05) is 32.6 Å². The highest BCUT2D eigenvalue weighted by molar-refractivity contribution is 7.87. The minimum atomic E-state index is -3.68. The Kier molecular flexibility index (Phi) is 7.82. The Morgan fingerprint density at radius 1 is 1.17 bits per heavy atom. The molecular formula is C18H28N4O6S. The lowest BCUT2D eigenvalue weighted by Gasteiger charge is -2.32. The molecule has 1 saturated heterocycles. The molecule has 1 aliphatic heterocycles. The van der Waals surface area contributed by atoms with E-state index in [0.29, 0.717) is 48.2 Å². The van der Waals surface area contributed by atoms with Gasteiger partial charge in [-0.05, 0) is 31.2 Å². The molecule has 10 nitrogen and oxygen atoms in total. The third-order valence-corrected chi connectivity index (χ3v) is 5.43. The molecule has 1 heterocycles. The number of hydrogen-bond acceptors (Lipinski definition) is 6. The predicted octanol–water partition coefficient (Wildman–Crippen LogP) is 0.698. The Hall–Kier alpha value is -2.37. The summed E-state index contributed by atoms with van der Waals surface area (Å²) in [6.45, 7) is 2.71. The van der Waals surface area contributed by atoms with Crippen molar-refractivity contribution in [3.8, 4) is 11.5 Å². The van der Waals surface area contributed by atoms with Gasteiger partial charge in [-0.25, -0.2) is 9.86 Å². The smallest absolute Gasteiger partial charge is 0.274 e. The van der Waals surface area contributed by atoms with Crippen molar-refractivity contribution in [1.82, 2.24) is 9.62 Å². The average molecular weight is 429 g/mol. The number of amides is 2. The summed E-state index contributed by atoms with van der Waals surface area (Å²) in [7, 11) is -0.727. The van der Waals surface area contributed by atoms with Crippen LogP contribution in [-0.4, -0.2) is 59.0 Å². The zero-order valence-corrected chi connectivity index (χ0v) is 17.7. The van der Waals surface area contributed by atoms with Gasteiger partial charge in [-0.15, -0.1) is 0 Å². The summed E-state index contributed by atoms with van der Waals surface area (Å²) >= 11 is 0. The van der Waals surface area contributed by atoms with E-state index >= 15 is 0 Å². The van der Waals surface area contributed by atoms with Gasteiger partial charge in [0.25, 0.3) is 16.1 Å². The first-order valence-corrected chi connectivity index (χ1v) is 10.8. The topological polar surface area (TPSA) is 140 Å². The van der Waals surface area contributed by atoms with Crippen molar-refractivity contribution >= 4 is 27.7 Å². The van der Waals surface area contributed by atoms with Gasteiger partial charge in [-0.3, -0.25) is 9.59 Å². The van der Waals surface area contributed by atoms with Crippen molar-refractivity contribution in [2.45, 2.75) is 26.2 Å². The molecule has 0 unspecified atom stereocenters. The Labute approximate surface area is 170 Å². The van der Waals surface area contributed by atoms with Crippen LogP contribution in [0.5, 0.6) is 11.5 Å². The molecule has 4 N–H and O–H groups in total. The van der Waals surface area contributed by atoms with E-state index in [1.807, 2.05) is 0 Å². The number of nitrogens with two attached hydrogens (primary N) is 1. The second-order valence-corrected chi connectivity index (χ2v) is 8.28. The lowest BCUT2D eigenvalue weighted by Crippen LogP contribution is -2.40. The molecule has 162 valence electrons. The van der Waals surface area contributed by atoms with E-state index in [1.54, 1.807) is 17.0 Å². The Balaban J connectivity index is 2.09. The standard InChI is InChI=1S/C18H28N4O6S/c1-12(23)21-15-11-17(28-3)16(27-2)10-14(15)18(24)22-8-5-13(6-9-22)4-7-20-29(19,25)26/h10-11,13,20H,4-9H2,1-3H3,(H,21,23)(H2,19,25,26). The van der Waals surface area contributed by atoms with Crippen LogP contribution in [0.25, 0.3) is 0 Å². The lowest BCUT2D eigenvalue weighted by molar-refractivity contribution is -0.114. The van der Waals surface area contributed by atoms with Crippen LogP contribution in [0.4, 0.5) is 5.69 Å². The van der Waals surface area contributed by atoms with Gasteiger partial charge in [0.2, 0.25) is 5.91 Å². The highest BCUT2D eigenvalue weighted by atomic mass is 32.2. The van der Waals surface area contributed by atoms with Crippen LogP contribution < -0.4 is 24.7 Å². The van der Waals surface area contributed by atoms with Crippen molar-refractivity contribution in [1.29, 1.82) is 0 Å². The summed E-state index contributed by atoms with van der Waals surface area (Å²) in [5.41, 5.74) is 0.687. The molecule has 0 aromatic heterocycles. The number of carbonyl (C=O) groups excluding carboxylic acids is 2. The van der Waals surface area contributed by atoms with Gasteiger partial charge in [0.1, 0.15) is 0 Å². The van der Waals surface area contributed by atoms with Gasteiger partial charge in [-0.1, -0.05) is 0 Å². The Bertz CT molecular complexity index is 850. The number of nitrogens with zero attached hydrogens (tertiary/aromatic N) is 1. The molecule has 11 heteroatoms. The first kappa shape index (κ1) is 22.9. The number of hydrogen-bond donors (Lipinski definition) is 3. The molecule has 1 aromatic rings. The third kappa shape index (κ3) is 6.58. The van der Waals surface area contributed by atoms with E-state index in [-0.39, 0.29) is 18.4 Å². The first-order chi connectivity index (χ1) is 13.6. The number of benzene rings is 1. The maximum Gasteiger partial charge on any atom is 0.274 e.